The van der Waals surface area contributed by atoms with Crippen LogP contribution in [0.2, 0.25) is 0 Å². The standard InChI is InChI=1S/C28H36F2N8O5S/c1-35(2)44(40,41)34-27(39)21-17-22(37-10-7-19(8-11-37)36-12-14-42-15-13-36)24-25(18-4-3-5-18)33-38(26(24)32-21)20-6-9-31-23(16-20)43-28(29)30/h6,9,16-19,28H,3-5,7-8,10-15H2,1-2H3,(H,34,39). The van der Waals surface area contributed by atoms with Gasteiger partial charge in [-0.05, 0) is 37.8 Å². The van der Waals surface area contributed by atoms with Gasteiger partial charge in [-0.2, -0.15) is 26.6 Å². The highest BCUT2D eigenvalue weighted by atomic mass is 32.2. The van der Waals surface area contributed by atoms with E-state index in [1.165, 1.54) is 31.0 Å². The number of morpholine rings is 1. The maximum absolute atomic E-state index is 13.4. The van der Waals surface area contributed by atoms with Crippen LogP contribution < -0.4 is 14.4 Å². The number of aromatic nitrogens is 4. The molecule has 3 aromatic heterocycles. The molecule has 3 aromatic rings. The molecule has 0 radical (unpaired) electrons. The summed E-state index contributed by atoms with van der Waals surface area (Å²) in [6.07, 6.45) is 6.07. The van der Waals surface area contributed by atoms with E-state index in [1.807, 2.05) is 0 Å². The first kappa shape index (κ1) is 30.6. The molecule has 13 nitrogen and oxygen atoms in total. The van der Waals surface area contributed by atoms with Crippen LogP contribution in [0.1, 0.15) is 54.2 Å². The summed E-state index contributed by atoms with van der Waals surface area (Å²) in [4.78, 5) is 26.6. The molecule has 0 atom stereocenters. The van der Waals surface area contributed by atoms with Gasteiger partial charge in [0, 0.05) is 64.5 Å². The largest absolute Gasteiger partial charge is 0.417 e. The SMILES string of the molecule is CN(C)S(=O)(=O)NC(=O)c1cc(N2CCC(N3CCOCC3)CC2)c2c(C3CCC3)nn(-c3ccnc(OC(F)F)c3)c2n1. The van der Waals surface area contributed by atoms with Crippen molar-refractivity contribution < 1.29 is 31.5 Å². The summed E-state index contributed by atoms with van der Waals surface area (Å²) in [5.74, 6) is -1.01. The number of carbonyl (C=O) groups is 1. The second-order valence-corrected chi connectivity index (χ2v) is 13.4. The molecule has 6 rings (SSSR count). The van der Waals surface area contributed by atoms with Crippen molar-refractivity contribution in [3.8, 4) is 11.6 Å². The maximum atomic E-state index is 13.4. The number of pyridine rings is 2. The Bertz CT molecular complexity index is 1620. The van der Waals surface area contributed by atoms with E-state index in [2.05, 4.69) is 29.2 Å². The Kier molecular flexibility index (Phi) is 8.68. The summed E-state index contributed by atoms with van der Waals surface area (Å²) < 4.78 is 65.6. The molecule has 238 valence electrons. The van der Waals surface area contributed by atoms with Crippen LogP contribution in [0, 0.1) is 0 Å². The predicted molar refractivity (Wildman–Crippen MR) is 158 cm³/mol. The number of halogens is 2. The number of nitrogens with one attached hydrogen (secondary N) is 1. The van der Waals surface area contributed by atoms with Gasteiger partial charge in [0.2, 0.25) is 5.88 Å². The van der Waals surface area contributed by atoms with Gasteiger partial charge in [0.15, 0.2) is 5.65 Å². The molecule has 2 saturated heterocycles. The first-order chi connectivity index (χ1) is 21.1. The fraction of sp³-hybridized carbons (Fsp3) is 0.571. The Hall–Kier alpha value is -3.47. The molecule has 3 aliphatic rings. The molecule has 44 heavy (non-hydrogen) atoms. The number of nitrogens with zero attached hydrogens (tertiary/aromatic N) is 7. The monoisotopic (exact) mass is 634 g/mol. The number of piperidine rings is 1. The lowest BCUT2D eigenvalue weighted by atomic mass is 9.82. The van der Waals surface area contributed by atoms with E-state index in [0.29, 0.717) is 17.4 Å². The van der Waals surface area contributed by atoms with E-state index >= 15 is 0 Å². The quantitative estimate of drug-likeness (QED) is 0.374. The van der Waals surface area contributed by atoms with E-state index in [4.69, 9.17) is 9.84 Å². The van der Waals surface area contributed by atoms with Crippen molar-refractivity contribution in [3.63, 3.8) is 0 Å². The Morgan fingerprint density at radius 3 is 2.48 bits per heavy atom. The number of anilines is 1. The van der Waals surface area contributed by atoms with E-state index in [1.54, 1.807) is 12.1 Å². The first-order valence-electron chi connectivity index (χ1n) is 14.8. The van der Waals surface area contributed by atoms with Gasteiger partial charge in [-0.15, -0.1) is 0 Å². The Morgan fingerprint density at radius 2 is 1.84 bits per heavy atom. The molecule has 0 bridgehead atoms. The average molecular weight is 635 g/mol. The molecule has 5 heterocycles. The van der Waals surface area contributed by atoms with Gasteiger partial charge in [-0.25, -0.2) is 19.4 Å². The van der Waals surface area contributed by atoms with Gasteiger partial charge >= 0.3 is 16.8 Å². The molecule has 0 unspecified atom stereocenters. The first-order valence-corrected chi connectivity index (χ1v) is 16.2. The Morgan fingerprint density at radius 1 is 1.11 bits per heavy atom. The third-order valence-corrected chi connectivity index (χ3v) is 10.0. The summed E-state index contributed by atoms with van der Waals surface area (Å²) >= 11 is 0. The zero-order valence-electron chi connectivity index (χ0n) is 24.7. The zero-order chi connectivity index (χ0) is 31.0. The van der Waals surface area contributed by atoms with Crippen LogP contribution in [-0.4, -0.2) is 109 Å². The van der Waals surface area contributed by atoms with Crippen molar-refractivity contribution in [2.45, 2.75) is 50.7 Å². The van der Waals surface area contributed by atoms with Crippen molar-refractivity contribution >= 4 is 32.8 Å². The van der Waals surface area contributed by atoms with Crippen LogP contribution in [0.5, 0.6) is 5.88 Å². The van der Waals surface area contributed by atoms with E-state index < -0.39 is 22.7 Å². The van der Waals surface area contributed by atoms with E-state index in [9.17, 15) is 22.0 Å². The molecule has 1 N–H and O–H groups in total. The van der Waals surface area contributed by atoms with Crippen LogP contribution in [0.15, 0.2) is 24.4 Å². The van der Waals surface area contributed by atoms with Crippen LogP contribution in [-0.2, 0) is 14.9 Å². The number of hydrogen-bond acceptors (Lipinski definition) is 10. The number of rotatable bonds is 9. The van der Waals surface area contributed by atoms with Crippen molar-refractivity contribution in [1.82, 2.24) is 33.7 Å². The summed E-state index contributed by atoms with van der Waals surface area (Å²) in [6, 6.07) is 4.98. The highest BCUT2D eigenvalue weighted by Crippen LogP contribution is 2.43. The van der Waals surface area contributed by atoms with Gasteiger partial charge in [0.1, 0.15) is 5.69 Å². The Labute approximate surface area is 254 Å². The number of fused-ring (bicyclic) bond motifs is 1. The van der Waals surface area contributed by atoms with Crippen LogP contribution in [0.3, 0.4) is 0 Å². The molecule has 16 heteroatoms. The Balaban J connectivity index is 1.45. The van der Waals surface area contributed by atoms with Gasteiger partial charge in [0.05, 0.1) is 35.7 Å². The van der Waals surface area contributed by atoms with Crippen LogP contribution in [0.4, 0.5) is 14.5 Å². The van der Waals surface area contributed by atoms with Gasteiger partial charge in [-0.3, -0.25) is 9.69 Å². The van der Waals surface area contributed by atoms with Crippen molar-refractivity contribution in [3.05, 3.63) is 35.8 Å². The topological polar surface area (TPSA) is 135 Å². The van der Waals surface area contributed by atoms with Gasteiger partial charge < -0.3 is 14.4 Å². The lowest BCUT2D eigenvalue weighted by Gasteiger charge is -2.41. The fourth-order valence-electron chi connectivity index (χ4n) is 6.00. The fourth-order valence-corrected chi connectivity index (χ4v) is 6.52. The van der Waals surface area contributed by atoms with Gasteiger partial charge in [-0.1, -0.05) is 6.42 Å². The molecule has 1 saturated carbocycles. The third-order valence-electron chi connectivity index (χ3n) is 8.61. The lowest BCUT2D eigenvalue weighted by molar-refractivity contribution is -0.0528. The van der Waals surface area contributed by atoms with E-state index in [0.717, 1.165) is 92.6 Å². The molecule has 1 aliphatic carbocycles. The minimum absolute atomic E-state index is 0.104. The second-order valence-electron chi connectivity index (χ2n) is 11.5. The minimum atomic E-state index is -4.09. The number of hydrogen-bond donors (Lipinski definition) is 1. The summed E-state index contributed by atoms with van der Waals surface area (Å²) in [6.45, 7) is 1.62. The molecule has 0 aromatic carbocycles. The normalized spacial score (nSPS) is 19.1. The number of carbonyl (C=O) groups excluding carboxylic acids is 1. The summed E-state index contributed by atoms with van der Waals surface area (Å²) in [7, 11) is -1.46. The van der Waals surface area contributed by atoms with Crippen LogP contribution in [0.25, 0.3) is 16.7 Å². The van der Waals surface area contributed by atoms with Crippen molar-refractivity contribution in [2.24, 2.45) is 0 Å². The molecule has 3 fully saturated rings. The number of alkyl halides is 2. The third kappa shape index (κ3) is 6.20. The van der Waals surface area contributed by atoms with Crippen molar-refractivity contribution in [1.29, 1.82) is 0 Å². The average Bonchev–Trinajstić information content (AvgIpc) is 3.35. The molecular formula is C28H36F2N8O5S. The highest BCUT2D eigenvalue weighted by Gasteiger charge is 2.33. The number of amides is 1. The summed E-state index contributed by atoms with van der Waals surface area (Å²) in [5.41, 5.74) is 2.14. The predicted octanol–water partition coefficient (Wildman–Crippen LogP) is 2.52. The molecule has 0 spiro atoms. The van der Waals surface area contributed by atoms with Crippen LogP contribution >= 0.6 is 0 Å². The van der Waals surface area contributed by atoms with E-state index in [-0.39, 0.29) is 17.5 Å². The maximum Gasteiger partial charge on any atom is 0.388 e. The number of ether oxygens (including phenoxy) is 2. The lowest BCUT2D eigenvalue weighted by Crippen LogP contribution is -2.49. The van der Waals surface area contributed by atoms with Crippen molar-refractivity contribution in [2.75, 3.05) is 58.4 Å². The highest BCUT2D eigenvalue weighted by molar-refractivity contribution is 7.87. The minimum Gasteiger partial charge on any atom is -0.417 e. The second kappa shape index (κ2) is 12.5. The molecular weight excluding hydrogens is 598 g/mol. The summed E-state index contributed by atoms with van der Waals surface area (Å²) in [5, 5.41) is 5.69. The smallest absolute Gasteiger partial charge is 0.388 e. The van der Waals surface area contributed by atoms with Gasteiger partial charge in [0.25, 0.3) is 5.91 Å². The zero-order valence-corrected chi connectivity index (χ0v) is 25.5. The molecule has 2 aliphatic heterocycles. The molecule has 1 amide bonds.